The third kappa shape index (κ3) is 10.6. The number of benzene rings is 2. The number of amides is 2. The van der Waals surface area contributed by atoms with Crippen molar-refractivity contribution in [2.24, 2.45) is 0 Å². The second-order valence-corrected chi connectivity index (χ2v) is 16.9. The molecule has 238 valence electrons. The third-order valence-electron chi connectivity index (χ3n) is 7.17. The first-order valence-corrected chi connectivity index (χ1v) is 17.6. The molecule has 43 heavy (non-hydrogen) atoms. The molecule has 1 heterocycles. The van der Waals surface area contributed by atoms with Gasteiger partial charge in [0.25, 0.3) is 0 Å². The van der Waals surface area contributed by atoms with Gasteiger partial charge in [0, 0.05) is 11.8 Å². The van der Waals surface area contributed by atoms with Crippen molar-refractivity contribution >= 4 is 31.9 Å². The minimum Gasteiger partial charge on any atom is -0.445 e. The first kappa shape index (κ1) is 34.5. The molecule has 3 N–H and O–H groups in total. The minimum atomic E-state index is -3.85. The Labute approximate surface area is 255 Å². The van der Waals surface area contributed by atoms with Gasteiger partial charge in [0.2, 0.25) is 15.9 Å². The molecular formula is C30H43N3O8S2. The highest BCUT2D eigenvalue weighted by molar-refractivity contribution is 7.92. The average Bonchev–Trinajstić information content (AvgIpc) is 3.68. The largest absolute Gasteiger partial charge is 0.445 e. The Morgan fingerprint density at radius 3 is 1.98 bits per heavy atom. The molecular weight excluding hydrogens is 594 g/mol. The Morgan fingerprint density at radius 1 is 0.884 bits per heavy atom. The molecule has 0 aromatic heterocycles. The first-order valence-electron chi connectivity index (χ1n) is 14.1. The summed E-state index contributed by atoms with van der Waals surface area (Å²) in [5, 5.41) is 5.35. The van der Waals surface area contributed by atoms with Crippen LogP contribution in [0.5, 0.6) is 0 Å². The van der Waals surface area contributed by atoms with E-state index in [0.717, 1.165) is 17.4 Å². The lowest BCUT2D eigenvalue weighted by atomic mass is 9.98. The summed E-state index contributed by atoms with van der Waals surface area (Å²) in [5.41, 5.74) is 0.988. The van der Waals surface area contributed by atoms with Crippen LogP contribution in [-0.4, -0.2) is 75.4 Å². The molecule has 0 aliphatic carbocycles. The Kier molecular flexibility index (Phi) is 11.0. The van der Waals surface area contributed by atoms with Gasteiger partial charge >= 0.3 is 6.09 Å². The summed E-state index contributed by atoms with van der Waals surface area (Å²) in [6.45, 7) is 7.92. The second kappa shape index (κ2) is 13.7. The van der Waals surface area contributed by atoms with Crippen LogP contribution in [0.1, 0.15) is 52.2 Å². The highest BCUT2D eigenvalue weighted by Crippen LogP contribution is 2.31. The molecule has 13 heteroatoms. The lowest BCUT2D eigenvalue weighted by Crippen LogP contribution is -2.62. The summed E-state index contributed by atoms with van der Waals surface area (Å²) in [7, 11) is -7.40. The van der Waals surface area contributed by atoms with Gasteiger partial charge in [-0.05, 0) is 58.6 Å². The van der Waals surface area contributed by atoms with Crippen LogP contribution in [0.25, 0.3) is 0 Å². The summed E-state index contributed by atoms with van der Waals surface area (Å²) in [5.74, 6) is -0.889. The van der Waals surface area contributed by atoms with Crippen molar-refractivity contribution in [3.05, 3.63) is 71.8 Å². The van der Waals surface area contributed by atoms with E-state index < -0.39 is 66.4 Å². The predicted molar refractivity (Wildman–Crippen MR) is 165 cm³/mol. The highest BCUT2D eigenvalue weighted by Gasteiger charge is 2.49. The molecule has 2 amide bonds. The van der Waals surface area contributed by atoms with Gasteiger partial charge in [-0.2, -0.15) is 0 Å². The van der Waals surface area contributed by atoms with Crippen LogP contribution in [0.15, 0.2) is 60.7 Å². The standard InChI is InChI=1S/C30H43N3O8S2/c1-29(2,3)33-43(38,39)18-17-24-25(41-24)23(19-21-13-9-7-10-14-21)31-27(34)26(30(4,5)42(6,36)37)32-28(35)40-20-22-15-11-8-12-16-22/h7-16,23-26,33H,17-20H2,1-6H3,(H,31,34)(H,32,35)/t23-,24-,25+,26+/m0/s1. The normalized spacial score (nSPS) is 18.7. The Balaban J connectivity index is 1.77. The molecule has 1 fully saturated rings. The molecule has 1 saturated heterocycles. The lowest BCUT2D eigenvalue weighted by Gasteiger charge is -2.33. The summed E-state index contributed by atoms with van der Waals surface area (Å²) < 4.78 is 62.6. The quantitative estimate of drug-likeness (QED) is 0.267. The zero-order valence-electron chi connectivity index (χ0n) is 25.5. The van der Waals surface area contributed by atoms with Crippen LogP contribution >= 0.6 is 0 Å². The monoisotopic (exact) mass is 637 g/mol. The van der Waals surface area contributed by atoms with Crippen LogP contribution in [-0.2, 0) is 47.2 Å². The summed E-state index contributed by atoms with van der Waals surface area (Å²) in [4.78, 5) is 26.5. The number of epoxide rings is 1. The molecule has 1 aliphatic heterocycles. The third-order valence-corrected chi connectivity index (χ3v) is 11.0. The van der Waals surface area contributed by atoms with Crippen molar-refractivity contribution < 1.29 is 35.9 Å². The molecule has 0 bridgehead atoms. The molecule has 2 aromatic carbocycles. The lowest BCUT2D eigenvalue weighted by molar-refractivity contribution is -0.124. The molecule has 1 aliphatic rings. The predicted octanol–water partition coefficient (Wildman–Crippen LogP) is 2.71. The van der Waals surface area contributed by atoms with E-state index in [-0.39, 0.29) is 18.8 Å². The summed E-state index contributed by atoms with van der Waals surface area (Å²) in [6, 6.07) is 16.1. The Hall–Kier alpha value is -3.00. The van der Waals surface area contributed by atoms with E-state index in [1.807, 2.05) is 36.4 Å². The first-order chi connectivity index (χ1) is 19.9. The number of sulfonamides is 1. The van der Waals surface area contributed by atoms with Crippen molar-refractivity contribution in [2.75, 3.05) is 12.0 Å². The topological polar surface area (TPSA) is 160 Å². The number of nitrogens with one attached hydrogen (secondary N) is 3. The number of carbonyl (C=O) groups excluding carboxylic acids is 2. The molecule has 0 unspecified atom stereocenters. The number of sulfone groups is 1. The smallest absolute Gasteiger partial charge is 0.408 e. The Bertz CT molecular complexity index is 1460. The molecule has 0 saturated carbocycles. The van der Waals surface area contributed by atoms with Crippen LogP contribution in [0.3, 0.4) is 0 Å². The fourth-order valence-corrected chi connectivity index (χ4v) is 6.74. The van der Waals surface area contributed by atoms with Crippen molar-refractivity contribution in [1.29, 1.82) is 0 Å². The Morgan fingerprint density at radius 2 is 1.44 bits per heavy atom. The molecule has 3 rings (SSSR count). The fourth-order valence-electron chi connectivity index (χ4n) is 4.57. The van der Waals surface area contributed by atoms with Crippen LogP contribution < -0.4 is 15.4 Å². The van der Waals surface area contributed by atoms with Gasteiger partial charge in [0.15, 0.2) is 9.84 Å². The number of hydrogen-bond donors (Lipinski definition) is 3. The molecule has 0 radical (unpaired) electrons. The number of ether oxygens (including phenoxy) is 2. The van der Waals surface area contributed by atoms with Gasteiger partial charge in [-0.3, -0.25) is 4.79 Å². The fraction of sp³-hybridized carbons (Fsp3) is 0.533. The zero-order valence-corrected chi connectivity index (χ0v) is 27.1. The van der Waals surface area contributed by atoms with E-state index in [4.69, 9.17) is 9.47 Å². The summed E-state index contributed by atoms with van der Waals surface area (Å²) in [6.07, 6.45) is -0.350. The number of hydrogen-bond acceptors (Lipinski definition) is 8. The maximum absolute atomic E-state index is 13.8. The molecule has 11 nitrogen and oxygen atoms in total. The van der Waals surface area contributed by atoms with E-state index >= 15 is 0 Å². The van der Waals surface area contributed by atoms with Crippen LogP contribution in [0.2, 0.25) is 0 Å². The van der Waals surface area contributed by atoms with E-state index in [9.17, 15) is 26.4 Å². The molecule has 2 aromatic rings. The van der Waals surface area contributed by atoms with Gasteiger partial charge < -0.3 is 20.1 Å². The second-order valence-electron chi connectivity index (χ2n) is 12.4. The van der Waals surface area contributed by atoms with Crippen LogP contribution in [0.4, 0.5) is 4.79 Å². The number of alkyl carbamates (subject to hydrolysis) is 1. The van der Waals surface area contributed by atoms with Crippen molar-refractivity contribution in [1.82, 2.24) is 15.4 Å². The van der Waals surface area contributed by atoms with Crippen molar-refractivity contribution in [3.63, 3.8) is 0 Å². The number of carbonyl (C=O) groups is 2. The molecule has 0 spiro atoms. The van der Waals surface area contributed by atoms with Gasteiger partial charge in [-0.15, -0.1) is 0 Å². The van der Waals surface area contributed by atoms with E-state index in [1.54, 1.807) is 45.0 Å². The molecule has 4 atom stereocenters. The van der Waals surface area contributed by atoms with Gasteiger partial charge in [-0.1, -0.05) is 60.7 Å². The van der Waals surface area contributed by atoms with E-state index in [2.05, 4.69) is 15.4 Å². The zero-order chi connectivity index (χ0) is 32.1. The SMILES string of the molecule is CC(C)(C)NS(=O)(=O)CC[C@@H]1O[C@@H]1[C@H](Cc1ccccc1)NC(=O)[C@@H](NC(=O)OCc1ccccc1)C(C)(C)S(C)(=O)=O. The van der Waals surface area contributed by atoms with E-state index in [1.165, 1.54) is 13.8 Å². The maximum atomic E-state index is 13.8. The highest BCUT2D eigenvalue weighted by atomic mass is 32.2. The van der Waals surface area contributed by atoms with Crippen molar-refractivity contribution in [3.8, 4) is 0 Å². The van der Waals surface area contributed by atoms with Gasteiger partial charge in [0.05, 0.1) is 22.6 Å². The van der Waals surface area contributed by atoms with Crippen LogP contribution in [0, 0.1) is 0 Å². The van der Waals surface area contributed by atoms with E-state index in [0.29, 0.717) is 6.42 Å². The van der Waals surface area contributed by atoms with Gasteiger partial charge in [0.1, 0.15) is 18.8 Å². The minimum absolute atomic E-state index is 0.0679. The van der Waals surface area contributed by atoms with Gasteiger partial charge in [-0.25, -0.2) is 26.4 Å². The number of rotatable bonds is 14. The maximum Gasteiger partial charge on any atom is 0.408 e. The average molecular weight is 638 g/mol. The summed E-state index contributed by atoms with van der Waals surface area (Å²) >= 11 is 0. The van der Waals surface area contributed by atoms with Crippen molar-refractivity contribution in [2.45, 2.75) is 88.6 Å².